The molecule has 0 radical (unpaired) electrons. The van der Waals surface area contributed by atoms with E-state index in [1.807, 2.05) is 60.7 Å². The molecule has 0 bridgehead atoms. The number of hydrogen-bond donors (Lipinski definition) is 1. The molecule has 2 aromatic rings. The molecule has 0 aromatic heterocycles. The highest BCUT2D eigenvalue weighted by atomic mass is 16.5. The number of esters is 1. The minimum atomic E-state index is -0.211. The van der Waals surface area contributed by atoms with Crippen molar-refractivity contribution >= 4 is 11.7 Å². The van der Waals surface area contributed by atoms with Crippen LogP contribution in [0.25, 0.3) is 0 Å². The van der Waals surface area contributed by atoms with Crippen LogP contribution < -0.4 is 0 Å². The van der Waals surface area contributed by atoms with E-state index in [4.69, 9.17) is 5.41 Å². The van der Waals surface area contributed by atoms with E-state index >= 15 is 0 Å². The molecule has 0 unspecified atom stereocenters. The monoisotopic (exact) mass is 269 g/mol. The van der Waals surface area contributed by atoms with Gasteiger partial charge in [0.15, 0.2) is 0 Å². The maximum Gasteiger partial charge on any atom is 0.302 e. The van der Waals surface area contributed by atoms with Crippen LogP contribution in [-0.2, 0) is 9.53 Å². The minimum absolute atomic E-state index is 0.211. The lowest BCUT2D eigenvalue weighted by Crippen LogP contribution is -1.99. The number of benzene rings is 2. The number of carbonyl (C=O) groups excluding carboxylic acids is 1. The SMILES string of the molecule is CCOC(C)=O.N=C(c1ccccc1)c1ccccc1. The van der Waals surface area contributed by atoms with Crippen LogP contribution in [0.15, 0.2) is 60.7 Å². The molecule has 0 aliphatic heterocycles. The molecule has 0 saturated heterocycles. The first-order valence-electron chi connectivity index (χ1n) is 6.48. The molecule has 3 heteroatoms. The Morgan fingerprint density at radius 2 is 1.35 bits per heavy atom. The fourth-order valence-electron chi connectivity index (χ4n) is 1.58. The molecule has 0 aliphatic carbocycles. The van der Waals surface area contributed by atoms with Gasteiger partial charge in [-0.2, -0.15) is 0 Å². The Morgan fingerprint density at radius 3 is 1.60 bits per heavy atom. The zero-order valence-corrected chi connectivity index (χ0v) is 11.8. The third-order valence-corrected chi connectivity index (χ3v) is 2.47. The summed E-state index contributed by atoms with van der Waals surface area (Å²) in [5.41, 5.74) is 2.49. The number of nitrogens with one attached hydrogen (secondary N) is 1. The standard InChI is InChI=1S/C13H11N.C4H8O2/c14-13(11-7-3-1-4-8-11)12-9-5-2-6-10-12;1-3-6-4(2)5/h1-10,14H;3H2,1-2H3. The molecule has 2 aromatic carbocycles. The third-order valence-electron chi connectivity index (χ3n) is 2.47. The van der Waals surface area contributed by atoms with Crippen LogP contribution in [0.2, 0.25) is 0 Å². The maximum absolute atomic E-state index is 9.82. The lowest BCUT2D eigenvalue weighted by atomic mass is 10.0. The van der Waals surface area contributed by atoms with E-state index < -0.39 is 0 Å². The molecule has 0 spiro atoms. The van der Waals surface area contributed by atoms with Gasteiger partial charge in [0.2, 0.25) is 0 Å². The van der Waals surface area contributed by atoms with Crippen molar-refractivity contribution in [3.05, 3.63) is 71.8 Å². The van der Waals surface area contributed by atoms with Crippen molar-refractivity contribution in [2.75, 3.05) is 6.61 Å². The smallest absolute Gasteiger partial charge is 0.302 e. The summed E-state index contributed by atoms with van der Waals surface area (Å²) < 4.78 is 4.40. The molecule has 0 amide bonds. The number of hydrogen-bond acceptors (Lipinski definition) is 3. The van der Waals surface area contributed by atoms with Gasteiger partial charge in [-0.3, -0.25) is 10.2 Å². The molecular formula is C17H19NO2. The van der Waals surface area contributed by atoms with Crippen molar-refractivity contribution in [2.45, 2.75) is 13.8 Å². The Labute approximate surface area is 119 Å². The molecule has 0 saturated carbocycles. The van der Waals surface area contributed by atoms with Crippen LogP contribution in [0, 0.1) is 5.41 Å². The molecule has 0 fully saturated rings. The van der Waals surface area contributed by atoms with E-state index in [1.54, 1.807) is 6.92 Å². The summed E-state index contributed by atoms with van der Waals surface area (Å²) in [5.74, 6) is -0.211. The molecular weight excluding hydrogens is 250 g/mol. The van der Waals surface area contributed by atoms with Gasteiger partial charge in [0.1, 0.15) is 0 Å². The Morgan fingerprint density at radius 1 is 0.950 bits per heavy atom. The first kappa shape index (κ1) is 15.6. The van der Waals surface area contributed by atoms with Gasteiger partial charge in [-0.1, -0.05) is 60.7 Å². The Balaban J connectivity index is 0.000000286. The summed E-state index contributed by atoms with van der Waals surface area (Å²) in [6.45, 7) is 3.65. The largest absolute Gasteiger partial charge is 0.466 e. The molecule has 0 aliphatic rings. The predicted molar refractivity (Wildman–Crippen MR) is 81.1 cm³/mol. The van der Waals surface area contributed by atoms with E-state index in [0.29, 0.717) is 12.3 Å². The van der Waals surface area contributed by atoms with E-state index in [2.05, 4.69) is 4.74 Å². The van der Waals surface area contributed by atoms with Gasteiger partial charge in [-0.25, -0.2) is 0 Å². The van der Waals surface area contributed by atoms with Gasteiger partial charge < -0.3 is 4.74 Å². The topological polar surface area (TPSA) is 50.2 Å². The summed E-state index contributed by atoms with van der Waals surface area (Å²) in [7, 11) is 0. The first-order chi connectivity index (χ1) is 9.65. The van der Waals surface area contributed by atoms with Crippen LogP contribution in [-0.4, -0.2) is 18.3 Å². The zero-order chi connectivity index (χ0) is 14.8. The second-order valence-corrected chi connectivity index (χ2v) is 4.03. The summed E-state index contributed by atoms with van der Waals surface area (Å²) in [6, 6.07) is 19.5. The number of rotatable bonds is 3. The van der Waals surface area contributed by atoms with E-state index in [-0.39, 0.29) is 5.97 Å². The molecule has 0 atom stereocenters. The summed E-state index contributed by atoms with van der Waals surface area (Å²) in [5, 5.41) is 7.97. The summed E-state index contributed by atoms with van der Waals surface area (Å²) in [6.07, 6.45) is 0. The molecule has 0 heterocycles. The van der Waals surface area contributed by atoms with Crippen molar-refractivity contribution < 1.29 is 9.53 Å². The Bertz CT molecular complexity index is 494. The predicted octanol–water partition coefficient (Wildman–Crippen LogP) is 3.67. The second kappa shape index (κ2) is 8.64. The highest BCUT2D eigenvalue weighted by molar-refractivity contribution is 6.10. The summed E-state index contributed by atoms with van der Waals surface area (Å²) >= 11 is 0. The quantitative estimate of drug-likeness (QED) is 0.682. The van der Waals surface area contributed by atoms with E-state index in [0.717, 1.165) is 11.1 Å². The van der Waals surface area contributed by atoms with Gasteiger partial charge in [-0.05, 0) is 18.1 Å². The fourth-order valence-corrected chi connectivity index (χ4v) is 1.58. The molecule has 20 heavy (non-hydrogen) atoms. The van der Waals surface area contributed by atoms with Gasteiger partial charge >= 0.3 is 5.97 Å². The van der Waals surface area contributed by atoms with Crippen molar-refractivity contribution in [2.24, 2.45) is 0 Å². The number of carbonyl (C=O) groups is 1. The first-order valence-corrected chi connectivity index (χ1v) is 6.48. The Hall–Kier alpha value is -2.42. The van der Waals surface area contributed by atoms with Crippen LogP contribution in [0.3, 0.4) is 0 Å². The highest BCUT2D eigenvalue weighted by Crippen LogP contribution is 2.08. The molecule has 104 valence electrons. The van der Waals surface area contributed by atoms with Crippen molar-refractivity contribution in [3.8, 4) is 0 Å². The van der Waals surface area contributed by atoms with Crippen molar-refractivity contribution in [3.63, 3.8) is 0 Å². The van der Waals surface area contributed by atoms with Crippen LogP contribution in [0.1, 0.15) is 25.0 Å². The molecule has 1 N–H and O–H groups in total. The fraction of sp³-hybridized carbons (Fsp3) is 0.176. The Kier molecular flexibility index (Phi) is 6.76. The highest BCUT2D eigenvalue weighted by Gasteiger charge is 2.01. The molecule has 2 rings (SSSR count). The van der Waals surface area contributed by atoms with E-state index in [1.165, 1.54) is 6.92 Å². The molecule has 3 nitrogen and oxygen atoms in total. The van der Waals surface area contributed by atoms with Crippen LogP contribution in [0.4, 0.5) is 0 Å². The van der Waals surface area contributed by atoms with Gasteiger partial charge in [0.05, 0.1) is 12.3 Å². The average molecular weight is 269 g/mol. The van der Waals surface area contributed by atoms with Gasteiger partial charge in [0.25, 0.3) is 0 Å². The lowest BCUT2D eigenvalue weighted by Gasteiger charge is -2.02. The summed E-state index contributed by atoms with van der Waals surface area (Å²) in [4.78, 5) is 9.82. The number of ether oxygens (including phenoxy) is 1. The van der Waals surface area contributed by atoms with Gasteiger partial charge in [0, 0.05) is 6.92 Å². The normalized spacial score (nSPS) is 9.10. The van der Waals surface area contributed by atoms with Crippen LogP contribution >= 0.6 is 0 Å². The van der Waals surface area contributed by atoms with Crippen LogP contribution in [0.5, 0.6) is 0 Å². The lowest BCUT2D eigenvalue weighted by molar-refractivity contribution is -0.140. The van der Waals surface area contributed by atoms with Crippen molar-refractivity contribution in [1.82, 2.24) is 0 Å². The third kappa shape index (κ3) is 5.48. The van der Waals surface area contributed by atoms with E-state index in [9.17, 15) is 4.79 Å². The maximum atomic E-state index is 9.82. The van der Waals surface area contributed by atoms with Gasteiger partial charge in [-0.15, -0.1) is 0 Å². The minimum Gasteiger partial charge on any atom is -0.466 e. The average Bonchev–Trinajstić information content (AvgIpc) is 2.49. The second-order valence-electron chi connectivity index (χ2n) is 4.03. The zero-order valence-electron chi connectivity index (χ0n) is 11.8. The van der Waals surface area contributed by atoms with Crippen molar-refractivity contribution in [1.29, 1.82) is 5.41 Å².